The van der Waals surface area contributed by atoms with Crippen LogP contribution in [0.25, 0.3) is 0 Å². The zero-order chi connectivity index (χ0) is 7.72. The zero-order valence-electron chi connectivity index (χ0n) is 6.24. The van der Waals surface area contributed by atoms with Crippen molar-refractivity contribution in [1.82, 2.24) is 9.21 Å². The van der Waals surface area contributed by atoms with Gasteiger partial charge in [0, 0.05) is 20.1 Å². The van der Waals surface area contributed by atoms with Gasteiger partial charge in [-0.25, -0.2) is 4.79 Å². The summed E-state index contributed by atoms with van der Waals surface area (Å²) in [6, 6.07) is 0.00133. The molecule has 58 valence electrons. The van der Waals surface area contributed by atoms with Gasteiger partial charge < -0.3 is 4.90 Å². The summed E-state index contributed by atoms with van der Waals surface area (Å²) in [5.74, 6) is 0.528. The number of carbonyl (C=O) groups is 1. The largest absolute Gasteiger partial charge is 0.329 e. The van der Waals surface area contributed by atoms with Crippen LogP contribution in [0, 0.1) is 5.92 Å². The van der Waals surface area contributed by atoms with E-state index in [4.69, 9.17) is 0 Å². The third-order valence-corrected chi connectivity index (χ3v) is 1.95. The summed E-state index contributed by atoms with van der Waals surface area (Å²) in [7, 11) is 1.79. The predicted octanol–water partition coefficient (Wildman–Crippen LogP) is 0.835. The van der Waals surface area contributed by atoms with Crippen molar-refractivity contribution < 1.29 is 4.79 Å². The average Bonchev–Trinajstić information content (AvgIpc) is 1.82. The fourth-order valence-corrected chi connectivity index (χ4v) is 1.61. The number of nitrogens with zero attached hydrogens (tertiary/aromatic N) is 2. The first-order chi connectivity index (χ1) is 4.61. The molecule has 0 aromatic rings. The lowest BCUT2D eigenvalue weighted by Crippen LogP contribution is -2.46. The number of urea groups is 1. The molecule has 10 heavy (non-hydrogen) atoms. The van der Waals surface area contributed by atoms with Crippen molar-refractivity contribution in [3.8, 4) is 0 Å². The Morgan fingerprint density at radius 1 is 1.60 bits per heavy atom. The van der Waals surface area contributed by atoms with E-state index in [1.54, 1.807) is 11.9 Å². The van der Waals surface area contributed by atoms with Gasteiger partial charge in [-0.1, -0.05) is 19.7 Å². The molecular weight excluding hydrogens is 148 g/mol. The highest BCUT2D eigenvalue weighted by atomic mass is 32.1. The minimum Gasteiger partial charge on any atom is -0.327 e. The van der Waals surface area contributed by atoms with E-state index in [1.165, 1.54) is 4.31 Å². The molecule has 0 N–H and O–H groups in total. The second-order valence-electron chi connectivity index (χ2n) is 2.85. The molecule has 0 aliphatic carbocycles. The zero-order valence-corrected chi connectivity index (χ0v) is 7.14. The van der Waals surface area contributed by atoms with E-state index in [2.05, 4.69) is 19.7 Å². The fraction of sp³-hybridized carbons (Fsp3) is 0.833. The molecule has 0 aromatic heterocycles. The van der Waals surface area contributed by atoms with Gasteiger partial charge in [-0.15, -0.1) is 0 Å². The standard InChI is InChI=1S/C6H12N2OS/c1-5-3-7(2)6(9)8(10)4-5/h5,10H,3-4H2,1-2H3. The van der Waals surface area contributed by atoms with Crippen molar-refractivity contribution in [1.29, 1.82) is 0 Å². The highest BCUT2D eigenvalue weighted by Crippen LogP contribution is 2.13. The smallest absolute Gasteiger partial charge is 0.327 e. The highest BCUT2D eigenvalue weighted by molar-refractivity contribution is 7.78. The summed E-state index contributed by atoms with van der Waals surface area (Å²) in [5, 5.41) is 0. The second-order valence-corrected chi connectivity index (χ2v) is 3.33. The van der Waals surface area contributed by atoms with Crippen molar-refractivity contribution in [2.75, 3.05) is 20.1 Å². The summed E-state index contributed by atoms with van der Waals surface area (Å²) >= 11 is 4.02. The van der Waals surface area contributed by atoms with Crippen LogP contribution in [-0.2, 0) is 0 Å². The molecule has 2 amide bonds. The molecule has 0 saturated carbocycles. The number of hydrogen-bond acceptors (Lipinski definition) is 2. The summed E-state index contributed by atoms with van der Waals surface area (Å²) in [6.45, 7) is 3.70. The minimum absolute atomic E-state index is 0.00133. The number of rotatable bonds is 0. The molecule has 1 rings (SSSR count). The third-order valence-electron chi connectivity index (χ3n) is 1.62. The van der Waals surface area contributed by atoms with Crippen LogP contribution in [0.5, 0.6) is 0 Å². The molecule has 0 aromatic carbocycles. The number of thiol groups is 1. The van der Waals surface area contributed by atoms with Crippen LogP contribution in [0.15, 0.2) is 0 Å². The molecule has 0 bridgehead atoms. The van der Waals surface area contributed by atoms with Gasteiger partial charge in [-0.05, 0) is 5.92 Å². The van der Waals surface area contributed by atoms with E-state index >= 15 is 0 Å². The molecule has 1 atom stereocenters. The van der Waals surface area contributed by atoms with Crippen molar-refractivity contribution in [3.05, 3.63) is 0 Å². The summed E-state index contributed by atoms with van der Waals surface area (Å²) in [4.78, 5) is 12.7. The van der Waals surface area contributed by atoms with Gasteiger partial charge >= 0.3 is 6.03 Å². The number of hydrogen-bond donors (Lipinski definition) is 1. The van der Waals surface area contributed by atoms with E-state index in [1.807, 2.05) is 0 Å². The van der Waals surface area contributed by atoms with Gasteiger partial charge in [-0.2, -0.15) is 0 Å². The Balaban J connectivity index is 2.57. The average molecular weight is 160 g/mol. The van der Waals surface area contributed by atoms with Crippen molar-refractivity contribution in [2.45, 2.75) is 6.92 Å². The van der Waals surface area contributed by atoms with Gasteiger partial charge in [0.15, 0.2) is 0 Å². The maximum absolute atomic E-state index is 11.0. The minimum atomic E-state index is 0.00133. The first-order valence-corrected chi connectivity index (χ1v) is 3.72. The molecule has 1 heterocycles. The lowest BCUT2D eigenvalue weighted by Gasteiger charge is -2.33. The molecule has 3 nitrogen and oxygen atoms in total. The SMILES string of the molecule is CC1CN(C)C(=O)N(S)C1. The second kappa shape index (κ2) is 2.70. The molecular formula is C6H12N2OS. The first kappa shape index (κ1) is 7.72. The molecule has 1 saturated heterocycles. The molecule has 0 radical (unpaired) electrons. The van der Waals surface area contributed by atoms with Crippen LogP contribution in [0.4, 0.5) is 4.79 Å². The third kappa shape index (κ3) is 1.37. The van der Waals surface area contributed by atoms with Gasteiger partial charge in [0.2, 0.25) is 0 Å². The van der Waals surface area contributed by atoms with Crippen LogP contribution in [0.3, 0.4) is 0 Å². The molecule has 4 heteroatoms. The lowest BCUT2D eigenvalue weighted by atomic mass is 10.1. The Morgan fingerprint density at radius 3 is 2.70 bits per heavy atom. The Labute approximate surface area is 66.5 Å². The van der Waals surface area contributed by atoms with Crippen LogP contribution in [0.1, 0.15) is 6.92 Å². The normalized spacial score (nSPS) is 27.5. The maximum atomic E-state index is 11.0. The Bertz CT molecular complexity index is 137. The van der Waals surface area contributed by atoms with Gasteiger partial charge in [0.1, 0.15) is 0 Å². The summed E-state index contributed by atoms with van der Waals surface area (Å²) in [5.41, 5.74) is 0. The molecule has 1 fully saturated rings. The Morgan fingerprint density at radius 2 is 2.20 bits per heavy atom. The van der Waals surface area contributed by atoms with Gasteiger partial charge in [0.25, 0.3) is 0 Å². The Kier molecular flexibility index (Phi) is 2.08. The topological polar surface area (TPSA) is 23.6 Å². The maximum Gasteiger partial charge on any atom is 0.329 e. The van der Waals surface area contributed by atoms with Crippen LogP contribution in [0.2, 0.25) is 0 Å². The quantitative estimate of drug-likeness (QED) is 0.521. The van der Waals surface area contributed by atoms with Crippen molar-refractivity contribution in [2.24, 2.45) is 5.92 Å². The first-order valence-electron chi connectivity index (χ1n) is 3.32. The van der Waals surface area contributed by atoms with Gasteiger partial charge in [0.05, 0.1) is 0 Å². The van der Waals surface area contributed by atoms with Crippen molar-refractivity contribution in [3.63, 3.8) is 0 Å². The van der Waals surface area contributed by atoms with E-state index in [0.29, 0.717) is 5.92 Å². The fourth-order valence-electron chi connectivity index (χ4n) is 1.17. The Hall–Kier alpha value is -0.380. The lowest BCUT2D eigenvalue weighted by molar-refractivity contribution is 0.159. The molecule has 1 aliphatic heterocycles. The molecule has 1 unspecified atom stereocenters. The number of amides is 2. The van der Waals surface area contributed by atoms with E-state index in [-0.39, 0.29) is 6.03 Å². The molecule has 0 spiro atoms. The summed E-state index contributed by atoms with van der Waals surface area (Å²) in [6.07, 6.45) is 0. The van der Waals surface area contributed by atoms with Crippen molar-refractivity contribution >= 4 is 18.8 Å². The monoisotopic (exact) mass is 160 g/mol. The molecule has 1 aliphatic rings. The van der Waals surface area contributed by atoms with E-state index in [0.717, 1.165) is 13.1 Å². The van der Waals surface area contributed by atoms with Crippen LogP contribution in [-0.4, -0.2) is 35.4 Å². The summed E-state index contributed by atoms with van der Waals surface area (Å²) < 4.78 is 1.45. The highest BCUT2D eigenvalue weighted by Gasteiger charge is 2.24. The van der Waals surface area contributed by atoms with E-state index < -0.39 is 0 Å². The van der Waals surface area contributed by atoms with Crippen LogP contribution >= 0.6 is 12.8 Å². The van der Waals surface area contributed by atoms with E-state index in [9.17, 15) is 4.79 Å². The predicted molar refractivity (Wildman–Crippen MR) is 42.9 cm³/mol. The van der Waals surface area contributed by atoms with Crippen LogP contribution < -0.4 is 0 Å². The van der Waals surface area contributed by atoms with Gasteiger partial charge in [-0.3, -0.25) is 4.31 Å². The number of carbonyl (C=O) groups excluding carboxylic acids is 1.